The Labute approximate surface area is 130 Å². The SMILES string of the molecule is Cc1nc(C(=O)N2CCCCc3ccccc32)c(Br)s1. The highest BCUT2D eigenvalue weighted by Gasteiger charge is 2.25. The van der Waals surface area contributed by atoms with Crippen LogP contribution < -0.4 is 4.90 Å². The summed E-state index contributed by atoms with van der Waals surface area (Å²) < 4.78 is 0.821. The Morgan fingerprint density at radius 2 is 2.15 bits per heavy atom. The number of amides is 1. The second kappa shape index (κ2) is 5.66. The molecule has 1 amide bonds. The molecule has 1 aromatic carbocycles. The van der Waals surface area contributed by atoms with Crippen molar-refractivity contribution >= 4 is 38.9 Å². The zero-order valence-corrected chi connectivity index (χ0v) is 13.6. The van der Waals surface area contributed by atoms with E-state index >= 15 is 0 Å². The summed E-state index contributed by atoms with van der Waals surface area (Å²) in [7, 11) is 0. The molecule has 1 aromatic heterocycles. The van der Waals surface area contributed by atoms with E-state index in [-0.39, 0.29) is 5.91 Å². The van der Waals surface area contributed by atoms with Gasteiger partial charge in [0.05, 0.1) is 5.01 Å². The van der Waals surface area contributed by atoms with E-state index in [0.29, 0.717) is 5.69 Å². The highest BCUT2D eigenvalue weighted by Crippen LogP contribution is 2.30. The summed E-state index contributed by atoms with van der Waals surface area (Å²) in [6.07, 6.45) is 3.19. The Morgan fingerprint density at radius 3 is 2.90 bits per heavy atom. The summed E-state index contributed by atoms with van der Waals surface area (Å²) >= 11 is 4.96. The van der Waals surface area contributed by atoms with Crippen molar-refractivity contribution in [2.45, 2.75) is 26.2 Å². The molecule has 0 spiro atoms. The average molecular weight is 351 g/mol. The molecule has 2 heterocycles. The molecule has 0 atom stereocenters. The maximum Gasteiger partial charge on any atom is 0.278 e. The number of nitrogens with zero attached hydrogens (tertiary/aromatic N) is 2. The van der Waals surface area contributed by atoms with E-state index < -0.39 is 0 Å². The molecule has 3 nitrogen and oxygen atoms in total. The molecule has 0 aliphatic carbocycles. The van der Waals surface area contributed by atoms with Crippen LogP contribution >= 0.6 is 27.3 Å². The second-order valence-corrected chi connectivity index (χ2v) is 7.42. The number of aryl methyl sites for hydroxylation is 2. The van der Waals surface area contributed by atoms with E-state index in [0.717, 1.165) is 40.3 Å². The molecular formula is C15H15BrN2OS. The van der Waals surface area contributed by atoms with Gasteiger partial charge in [0.15, 0.2) is 5.69 Å². The molecule has 1 aliphatic heterocycles. The summed E-state index contributed by atoms with van der Waals surface area (Å²) in [6, 6.07) is 8.18. The summed E-state index contributed by atoms with van der Waals surface area (Å²) in [6.45, 7) is 2.68. The fraction of sp³-hybridized carbons (Fsp3) is 0.333. The summed E-state index contributed by atoms with van der Waals surface area (Å²) in [5.74, 6) is -0.00410. The minimum atomic E-state index is -0.00410. The van der Waals surface area contributed by atoms with Crippen molar-refractivity contribution in [3.8, 4) is 0 Å². The van der Waals surface area contributed by atoms with E-state index in [1.165, 1.54) is 16.9 Å². The fourth-order valence-electron chi connectivity index (χ4n) is 2.56. The van der Waals surface area contributed by atoms with Crippen LogP contribution in [0.4, 0.5) is 5.69 Å². The number of thiazole rings is 1. The first-order valence-electron chi connectivity index (χ1n) is 6.69. The lowest BCUT2D eigenvalue weighted by Gasteiger charge is -2.22. The predicted molar refractivity (Wildman–Crippen MR) is 85.6 cm³/mol. The predicted octanol–water partition coefficient (Wildman–Crippen LogP) is 4.20. The Hall–Kier alpha value is -1.20. The third kappa shape index (κ3) is 2.52. The maximum absolute atomic E-state index is 12.8. The van der Waals surface area contributed by atoms with Gasteiger partial charge in [-0.25, -0.2) is 4.98 Å². The van der Waals surface area contributed by atoms with Crippen LogP contribution in [0.3, 0.4) is 0 Å². The highest BCUT2D eigenvalue weighted by atomic mass is 79.9. The lowest BCUT2D eigenvalue weighted by molar-refractivity contribution is 0.0982. The van der Waals surface area contributed by atoms with Crippen LogP contribution in [0, 0.1) is 6.92 Å². The largest absolute Gasteiger partial charge is 0.307 e. The summed E-state index contributed by atoms with van der Waals surface area (Å²) in [4.78, 5) is 19.0. The van der Waals surface area contributed by atoms with Crippen molar-refractivity contribution in [2.75, 3.05) is 11.4 Å². The number of halogens is 1. The van der Waals surface area contributed by atoms with Crippen LogP contribution in [0.25, 0.3) is 0 Å². The number of aromatic nitrogens is 1. The van der Waals surface area contributed by atoms with Gasteiger partial charge in [-0.2, -0.15) is 0 Å². The first kappa shape index (κ1) is 13.8. The van der Waals surface area contributed by atoms with Gasteiger partial charge < -0.3 is 4.90 Å². The molecule has 1 aliphatic rings. The zero-order chi connectivity index (χ0) is 14.1. The Kier molecular flexibility index (Phi) is 3.89. The smallest absolute Gasteiger partial charge is 0.278 e. The number of hydrogen-bond acceptors (Lipinski definition) is 3. The van der Waals surface area contributed by atoms with Crippen molar-refractivity contribution in [1.82, 2.24) is 4.98 Å². The van der Waals surface area contributed by atoms with E-state index in [1.807, 2.05) is 30.0 Å². The van der Waals surface area contributed by atoms with Crippen molar-refractivity contribution in [1.29, 1.82) is 0 Å². The minimum absolute atomic E-state index is 0.00410. The number of rotatable bonds is 1. The van der Waals surface area contributed by atoms with E-state index in [4.69, 9.17) is 0 Å². The third-order valence-electron chi connectivity index (χ3n) is 3.50. The topological polar surface area (TPSA) is 33.2 Å². The van der Waals surface area contributed by atoms with Gasteiger partial charge in [0.25, 0.3) is 5.91 Å². The second-order valence-electron chi connectivity index (χ2n) is 4.90. The Balaban J connectivity index is 2.01. The van der Waals surface area contributed by atoms with Gasteiger partial charge in [0, 0.05) is 12.2 Å². The first-order chi connectivity index (χ1) is 9.66. The Morgan fingerprint density at radius 1 is 1.35 bits per heavy atom. The van der Waals surface area contributed by atoms with Gasteiger partial charge in [-0.3, -0.25) is 4.79 Å². The quantitative estimate of drug-likeness (QED) is 0.772. The molecule has 0 N–H and O–H groups in total. The number of benzene rings is 1. The van der Waals surface area contributed by atoms with Crippen molar-refractivity contribution in [2.24, 2.45) is 0 Å². The zero-order valence-electron chi connectivity index (χ0n) is 11.2. The van der Waals surface area contributed by atoms with Crippen LogP contribution in [0.1, 0.15) is 33.9 Å². The molecule has 0 fully saturated rings. The number of para-hydroxylation sites is 1. The number of anilines is 1. The van der Waals surface area contributed by atoms with Crippen LogP contribution in [-0.4, -0.2) is 17.4 Å². The van der Waals surface area contributed by atoms with Crippen molar-refractivity contribution in [3.63, 3.8) is 0 Å². The maximum atomic E-state index is 12.8. The lowest BCUT2D eigenvalue weighted by Crippen LogP contribution is -2.32. The molecule has 104 valence electrons. The van der Waals surface area contributed by atoms with Crippen molar-refractivity contribution < 1.29 is 4.79 Å². The van der Waals surface area contributed by atoms with Crippen LogP contribution in [-0.2, 0) is 6.42 Å². The molecule has 5 heteroatoms. The number of hydrogen-bond donors (Lipinski definition) is 0. The highest BCUT2D eigenvalue weighted by molar-refractivity contribution is 9.11. The molecule has 0 unspecified atom stereocenters. The summed E-state index contributed by atoms with van der Waals surface area (Å²) in [5, 5.41) is 0.906. The van der Waals surface area contributed by atoms with E-state index in [1.54, 1.807) is 0 Å². The number of carbonyl (C=O) groups excluding carboxylic acids is 1. The number of fused-ring (bicyclic) bond motifs is 1. The molecule has 20 heavy (non-hydrogen) atoms. The first-order valence-corrected chi connectivity index (χ1v) is 8.30. The molecule has 3 rings (SSSR count). The van der Waals surface area contributed by atoms with Crippen LogP contribution in [0.15, 0.2) is 28.1 Å². The fourth-order valence-corrected chi connectivity index (χ4v) is 4.15. The molecule has 0 saturated carbocycles. The summed E-state index contributed by atoms with van der Waals surface area (Å²) in [5.41, 5.74) is 2.82. The molecule has 0 saturated heterocycles. The van der Waals surface area contributed by atoms with Gasteiger partial charge in [-0.05, 0) is 53.7 Å². The van der Waals surface area contributed by atoms with Gasteiger partial charge in [-0.1, -0.05) is 18.2 Å². The molecule has 2 aromatic rings. The van der Waals surface area contributed by atoms with Crippen LogP contribution in [0.2, 0.25) is 0 Å². The average Bonchev–Trinajstić information content (AvgIpc) is 2.66. The van der Waals surface area contributed by atoms with E-state index in [2.05, 4.69) is 27.0 Å². The van der Waals surface area contributed by atoms with Gasteiger partial charge in [0.2, 0.25) is 0 Å². The molecule has 0 bridgehead atoms. The lowest BCUT2D eigenvalue weighted by atomic mass is 10.1. The normalized spacial score (nSPS) is 14.8. The minimum Gasteiger partial charge on any atom is -0.307 e. The third-order valence-corrected chi connectivity index (χ3v) is 5.12. The standard InChI is InChI=1S/C15H15BrN2OS/c1-10-17-13(14(16)20-10)15(19)18-9-5-4-7-11-6-2-3-8-12(11)18/h2-3,6,8H,4-5,7,9H2,1H3. The van der Waals surface area contributed by atoms with Crippen LogP contribution in [0.5, 0.6) is 0 Å². The van der Waals surface area contributed by atoms with Crippen molar-refractivity contribution in [3.05, 3.63) is 44.3 Å². The Bertz CT molecular complexity index is 653. The van der Waals surface area contributed by atoms with Gasteiger partial charge in [0.1, 0.15) is 3.79 Å². The molecule has 0 radical (unpaired) electrons. The monoisotopic (exact) mass is 350 g/mol. The molecular weight excluding hydrogens is 336 g/mol. The number of carbonyl (C=O) groups is 1. The van der Waals surface area contributed by atoms with Gasteiger partial charge in [-0.15, -0.1) is 11.3 Å². The van der Waals surface area contributed by atoms with Gasteiger partial charge >= 0.3 is 0 Å². The van der Waals surface area contributed by atoms with E-state index in [9.17, 15) is 4.79 Å².